The summed E-state index contributed by atoms with van der Waals surface area (Å²) in [6.07, 6.45) is 3.50. The molecular weight excluding hydrogens is 406 g/mol. The zero-order chi connectivity index (χ0) is 18.0. The molecule has 1 aromatic carbocycles. The molecule has 3 amide bonds. The van der Waals surface area contributed by atoms with E-state index in [9.17, 15) is 14.4 Å². The number of anilines is 1. The molecule has 1 aliphatic heterocycles. The summed E-state index contributed by atoms with van der Waals surface area (Å²) in [7, 11) is 1.85. The van der Waals surface area contributed by atoms with Crippen molar-refractivity contribution in [3.8, 4) is 0 Å². The number of aromatic nitrogens is 1. The van der Waals surface area contributed by atoms with E-state index in [1.807, 2.05) is 29.9 Å². The summed E-state index contributed by atoms with van der Waals surface area (Å²) < 4.78 is 2.73. The minimum Gasteiger partial charge on any atom is -0.351 e. The minimum absolute atomic E-state index is 0.309. The van der Waals surface area contributed by atoms with Crippen molar-refractivity contribution in [1.82, 2.24) is 9.47 Å². The van der Waals surface area contributed by atoms with Crippen LogP contribution in [0.15, 0.2) is 52.0 Å². The van der Waals surface area contributed by atoms with E-state index in [1.165, 1.54) is 0 Å². The van der Waals surface area contributed by atoms with Crippen molar-refractivity contribution in [1.29, 1.82) is 0 Å². The molecule has 2 aromatic rings. The van der Waals surface area contributed by atoms with Gasteiger partial charge in [0.05, 0.1) is 4.91 Å². The fraction of sp³-hybridized carbons (Fsp3) is 0.118. The third-order valence-corrected chi connectivity index (χ3v) is 5.00. The summed E-state index contributed by atoms with van der Waals surface area (Å²) >= 11 is 4.15. The molecule has 0 radical (unpaired) electrons. The molecule has 1 aromatic heterocycles. The van der Waals surface area contributed by atoms with E-state index in [4.69, 9.17) is 0 Å². The van der Waals surface area contributed by atoms with E-state index in [2.05, 4.69) is 21.2 Å². The van der Waals surface area contributed by atoms with Crippen LogP contribution in [0.5, 0.6) is 0 Å². The highest BCUT2D eigenvalue weighted by atomic mass is 79.9. The summed E-state index contributed by atoms with van der Waals surface area (Å²) in [5, 5.41) is 2.22. The lowest BCUT2D eigenvalue weighted by atomic mass is 10.3. The third kappa shape index (κ3) is 4.02. The average Bonchev–Trinajstić information content (AvgIpc) is 3.08. The predicted molar refractivity (Wildman–Crippen MR) is 101 cm³/mol. The number of hydrogen-bond donors (Lipinski definition) is 1. The second-order valence-electron chi connectivity index (χ2n) is 5.37. The Hall–Kier alpha value is -2.32. The number of thioether (sulfide) groups is 1. The molecule has 128 valence electrons. The maximum absolute atomic E-state index is 12.4. The van der Waals surface area contributed by atoms with Gasteiger partial charge in [0, 0.05) is 29.1 Å². The zero-order valence-electron chi connectivity index (χ0n) is 13.2. The molecule has 25 heavy (non-hydrogen) atoms. The van der Waals surface area contributed by atoms with E-state index in [0.717, 1.165) is 26.8 Å². The second-order valence-corrected chi connectivity index (χ2v) is 7.28. The number of nitrogens with one attached hydrogen (secondary N) is 1. The lowest BCUT2D eigenvalue weighted by Crippen LogP contribution is -2.36. The summed E-state index contributed by atoms with van der Waals surface area (Å²) in [6.45, 7) is -0.314. The fourth-order valence-electron chi connectivity index (χ4n) is 2.27. The molecule has 0 spiro atoms. The minimum atomic E-state index is -0.456. The molecule has 0 saturated carbocycles. The molecule has 8 heteroatoms. The van der Waals surface area contributed by atoms with Gasteiger partial charge >= 0.3 is 0 Å². The van der Waals surface area contributed by atoms with E-state index in [0.29, 0.717) is 10.6 Å². The van der Waals surface area contributed by atoms with Gasteiger partial charge in [0.2, 0.25) is 5.91 Å². The van der Waals surface area contributed by atoms with Crippen LogP contribution < -0.4 is 5.32 Å². The monoisotopic (exact) mass is 419 g/mol. The van der Waals surface area contributed by atoms with Gasteiger partial charge in [-0.2, -0.15) is 0 Å². The molecule has 0 unspecified atom stereocenters. The van der Waals surface area contributed by atoms with Gasteiger partial charge in [-0.1, -0.05) is 15.9 Å². The maximum Gasteiger partial charge on any atom is 0.294 e. The van der Waals surface area contributed by atoms with Gasteiger partial charge in [-0.3, -0.25) is 19.3 Å². The van der Waals surface area contributed by atoms with E-state index in [-0.39, 0.29) is 6.54 Å². The summed E-state index contributed by atoms with van der Waals surface area (Å²) in [5.74, 6) is -0.883. The Morgan fingerprint density at radius 1 is 1.24 bits per heavy atom. The Morgan fingerprint density at radius 2 is 1.96 bits per heavy atom. The molecule has 1 N–H and O–H groups in total. The van der Waals surface area contributed by atoms with E-state index >= 15 is 0 Å². The first-order chi connectivity index (χ1) is 11.9. The van der Waals surface area contributed by atoms with Gasteiger partial charge in [0.25, 0.3) is 11.1 Å². The number of amides is 3. The van der Waals surface area contributed by atoms with Crippen LogP contribution >= 0.6 is 27.7 Å². The number of carbonyl (C=O) groups excluding carboxylic acids is 3. The number of rotatable bonds is 4. The van der Waals surface area contributed by atoms with Crippen molar-refractivity contribution in [2.45, 2.75) is 0 Å². The first-order valence-electron chi connectivity index (χ1n) is 7.36. The molecule has 1 fully saturated rings. The molecule has 6 nitrogen and oxygen atoms in total. The quantitative estimate of drug-likeness (QED) is 0.770. The highest BCUT2D eigenvalue weighted by Crippen LogP contribution is 2.32. The number of aryl methyl sites for hydroxylation is 1. The Labute approximate surface area is 157 Å². The average molecular weight is 420 g/mol. The molecule has 1 saturated heterocycles. The predicted octanol–water partition coefficient (Wildman–Crippen LogP) is 3.46. The first kappa shape index (κ1) is 17.5. The third-order valence-electron chi connectivity index (χ3n) is 3.57. The number of imide groups is 1. The first-order valence-corrected chi connectivity index (χ1v) is 8.97. The van der Waals surface area contributed by atoms with Gasteiger partial charge in [-0.25, -0.2) is 0 Å². The highest BCUT2D eigenvalue weighted by Gasteiger charge is 2.36. The van der Waals surface area contributed by atoms with Crippen molar-refractivity contribution >= 4 is 56.5 Å². The number of halogens is 1. The van der Waals surface area contributed by atoms with Gasteiger partial charge < -0.3 is 9.88 Å². The molecule has 0 atom stereocenters. The van der Waals surface area contributed by atoms with Crippen molar-refractivity contribution in [2.75, 3.05) is 11.9 Å². The van der Waals surface area contributed by atoms with Crippen molar-refractivity contribution in [3.05, 3.63) is 57.7 Å². The summed E-state index contributed by atoms with van der Waals surface area (Å²) in [5.41, 5.74) is 1.41. The van der Waals surface area contributed by atoms with Crippen molar-refractivity contribution in [2.24, 2.45) is 7.05 Å². The van der Waals surface area contributed by atoms with Crippen LogP contribution in [0.2, 0.25) is 0 Å². The highest BCUT2D eigenvalue weighted by molar-refractivity contribution is 9.10. The second kappa shape index (κ2) is 7.28. The molecule has 0 bridgehead atoms. The standard InChI is InChI=1S/C17H14BrN3O3S/c1-20-8-2-3-13(20)9-14-16(23)21(17(24)25-14)10-15(22)19-12-6-4-11(18)5-7-12/h2-9H,10H2,1H3,(H,19,22)/b14-9+. The van der Waals surface area contributed by atoms with E-state index < -0.39 is 17.1 Å². The smallest absolute Gasteiger partial charge is 0.294 e. The van der Waals surface area contributed by atoms with Gasteiger partial charge in [0.1, 0.15) is 6.54 Å². The lowest BCUT2D eigenvalue weighted by molar-refractivity contribution is -0.127. The molecular formula is C17H14BrN3O3S. The Balaban J connectivity index is 1.68. The van der Waals surface area contributed by atoms with Crippen LogP contribution in [-0.4, -0.2) is 33.1 Å². The lowest BCUT2D eigenvalue weighted by Gasteiger charge is -2.12. The van der Waals surface area contributed by atoms with Gasteiger partial charge in [0.15, 0.2) is 0 Å². The molecule has 0 aliphatic carbocycles. The molecule has 2 heterocycles. The Morgan fingerprint density at radius 3 is 2.60 bits per heavy atom. The van der Waals surface area contributed by atoms with Crippen LogP contribution in [0.25, 0.3) is 6.08 Å². The van der Waals surface area contributed by atoms with Crippen molar-refractivity contribution < 1.29 is 14.4 Å². The molecule has 1 aliphatic rings. The van der Waals surface area contributed by atoms with Crippen LogP contribution in [0, 0.1) is 0 Å². The van der Waals surface area contributed by atoms with Crippen LogP contribution in [0.3, 0.4) is 0 Å². The fourth-order valence-corrected chi connectivity index (χ4v) is 3.36. The molecule has 3 rings (SSSR count). The van der Waals surface area contributed by atoms with Crippen LogP contribution in [0.4, 0.5) is 10.5 Å². The summed E-state index contributed by atoms with van der Waals surface area (Å²) in [6, 6.07) is 10.7. The normalized spacial score (nSPS) is 15.9. The largest absolute Gasteiger partial charge is 0.351 e. The maximum atomic E-state index is 12.4. The number of carbonyl (C=O) groups is 3. The van der Waals surface area contributed by atoms with E-state index in [1.54, 1.807) is 30.3 Å². The Bertz CT molecular complexity index is 874. The summed E-state index contributed by atoms with van der Waals surface area (Å²) in [4.78, 5) is 37.9. The van der Waals surface area contributed by atoms with Crippen LogP contribution in [-0.2, 0) is 16.6 Å². The topological polar surface area (TPSA) is 71.4 Å². The van der Waals surface area contributed by atoms with Gasteiger partial charge in [-0.05, 0) is 54.2 Å². The number of hydrogen-bond acceptors (Lipinski definition) is 4. The van der Waals surface area contributed by atoms with Crippen LogP contribution in [0.1, 0.15) is 5.69 Å². The number of benzene rings is 1. The number of nitrogens with zero attached hydrogens (tertiary/aromatic N) is 2. The van der Waals surface area contributed by atoms with Gasteiger partial charge in [-0.15, -0.1) is 0 Å². The Kier molecular flexibility index (Phi) is 5.10. The zero-order valence-corrected chi connectivity index (χ0v) is 15.6. The SMILES string of the molecule is Cn1cccc1/C=C1/SC(=O)N(CC(=O)Nc2ccc(Br)cc2)C1=O. The van der Waals surface area contributed by atoms with Crippen molar-refractivity contribution in [3.63, 3.8) is 0 Å².